The maximum absolute atomic E-state index is 5.68. The molecule has 2 N–H and O–H groups in total. The monoisotopic (exact) mass is 194 g/mol. The summed E-state index contributed by atoms with van der Waals surface area (Å²) in [6, 6.07) is 8.02. The van der Waals surface area contributed by atoms with Crippen molar-refractivity contribution in [1.29, 1.82) is 0 Å². The van der Waals surface area contributed by atoms with Gasteiger partial charge in [0, 0.05) is 19.3 Å². The normalized spacial score (nSPS) is 10.8. The molecule has 3 nitrogen and oxygen atoms in total. The van der Waals surface area contributed by atoms with Crippen molar-refractivity contribution in [2.45, 2.75) is 12.8 Å². The number of nitrogen functional groups attached to an aromatic ring is 1. The lowest BCUT2D eigenvalue weighted by atomic mass is 10.1. The van der Waals surface area contributed by atoms with Crippen molar-refractivity contribution in [3.05, 3.63) is 29.8 Å². The first-order chi connectivity index (χ1) is 6.72. The van der Waals surface area contributed by atoms with Crippen LogP contribution in [0.1, 0.15) is 12.0 Å². The number of hydroxylamine groups is 2. The average Bonchev–Trinajstić information content (AvgIpc) is 2.17. The number of nitrogens with two attached hydrogens (primary N) is 1. The minimum Gasteiger partial charge on any atom is -0.399 e. The first kappa shape index (κ1) is 11.0. The summed E-state index contributed by atoms with van der Waals surface area (Å²) in [6.07, 6.45) is 2.12. The van der Waals surface area contributed by atoms with Crippen LogP contribution < -0.4 is 5.73 Å². The van der Waals surface area contributed by atoms with E-state index in [1.807, 2.05) is 30.3 Å². The molecule has 0 heterocycles. The van der Waals surface area contributed by atoms with Crippen LogP contribution in [0.3, 0.4) is 0 Å². The van der Waals surface area contributed by atoms with E-state index in [0.29, 0.717) is 0 Å². The van der Waals surface area contributed by atoms with E-state index in [1.165, 1.54) is 5.56 Å². The van der Waals surface area contributed by atoms with Gasteiger partial charge in [-0.25, -0.2) is 0 Å². The Labute approximate surface area is 85.4 Å². The molecule has 0 radical (unpaired) electrons. The summed E-state index contributed by atoms with van der Waals surface area (Å²) in [6.45, 7) is 0.936. The number of benzene rings is 1. The number of anilines is 1. The van der Waals surface area contributed by atoms with Crippen molar-refractivity contribution >= 4 is 5.69 Å². The molecule has 3 heteroatoms. The zero-order chi connectivity index (χ0) is 10.4. The number of aryl methyl sites for hydroxylation is 1. The highest BCUT2D eigenvalue weighted by Gasteiger charge is 1.97. The van der Waals surface area contributed by atoms with E-state index < -0.39 is 0 Å². The number of nitrogens with zero attached hydrogens (tertiary/aromatic N) is 1. The van der Waals surface area contributed by atoms with E-state index in [1.54, 1.807) is 7.11 Å². The van der Waals surface area contributed by atoms with Gasteiger partial charge in [0.2, 0.25) is 0 Å². The predicted octanol–water partition coefficient (Wildman–Crippen LogP) is 1.69. The minimum atomic E-state index is 0.836. The Balaban J connectivity index is 2.31. The molecule has 14 heavy (non-hydrogen) atoms. The lowest BCUT2D eigenvalue weighted by Gasteiger charge is -2.12. The van der Waals surface area contributed by atoms with Gasteiger partial charge in [0.05, 0.1) is 7.11 Å². The van der Waals surface area contributed by atoms with E-state index >= 15 is 0 Å². The third-order valence-electron chi connectivity index (χ3n) is 2.20. The molecule has 1 rings (SSSR count). The van der Waals surface area contributed by atoms with Gasteiger partial charge in [0.1, 0.15) is 0 Å². The van der Waals surface area contributed by atoms with Crippen LogP contribution in [0, 0.1) is 0 Å². The molecule has 0 bridgehead atoms. The summed E-state index contributed by atoms with van der Waals surface area (Å²) >= 11 is 0. The molecule has 0 aliphatic heterocycles. The van der Waals surface area contributed by atoms with E-state index in [-0.39, 0.29) is 0 Å². The highest BCUT2D eigenvalue weighted by molar-refractivity contribution is 5.40. The van der Waals surface area contributed by atoms with Crippen LogP contribution in [0.15, 0.2) is 24.3 Å². The number of rotatable bonds is 5. The molecule has 0 amide bonds. The van der Waals surface area contributed by atoms with Gasteiger partial charge in [0.15, 0.2) is 0 Å². The van der Waals surface area contributed by atoms with Gasteiger partial charge in [-0.3, -0.25) is 0 Å². The second-order valence-corrected chi connectivity index (χ2v) is 3.38. The summed E-state index contributed by atoms with van der Waals surface area (Å²) in [7, 11) is 3.61. The second kappa shape index (κ2) is 5.62. The Bertz CT molecular complexity index is 276. The van der Waals surface area contributed by atoms with Gasteiger partial charge < -0.3 is 10.6 Å². The Kier molecular flexibility index (Phi) is 4.43. The fraction of sp³-hybridized carbons (Fsp3) is 0.455. The Morgan fingerprint density at radius 1 is 1.43 bits per heavy atom. The van der Waals surface area contributed by atoms with Gasteiger partial charge in [-0.05, 0) is 30.5 Å². The molecule has 0 atom stereocenters. The van der Waals surface area contributed by atoms with Gasteiger partial charge in [-0.1, -0.05) is 12.1 Å². The Morgan fingerprint density at radius 2 is 2.21 bits per heavy atom. The van der Waals surface area contributed by atoms with Gasteiger partial charge in [-0.2, -0.15) is 5.06 Å². The molecule has 78 valence electrons. The van der Waals surface area contributed by atoms with Crippen LogP contribution in [0.2, 0.25) is 0 Å². The first-order valence-corrected chi connectivity index (χ1v) is 4.82. The first-order valence-electron chi connectivity index (χ1n) is 4.82. The molecule has 0 aromatic heterocycles. The fourth-order valence-corrected chi connectivity index (χ4v) is 1.35. The minimum absolute atomic E-state index is 0.836. The summed E-state index contributed by atoms with van der Waals surface area (Å²) in [5.41, 5.74) is 7.80. The summed E-state index contributed by atoms with van der Waals surface area (Å²) in [5.74, 6) is 0. The molecule has 0 unspecified atom stereocenters. The molecule has 0 aliphatic carbocycles. The standard InChI is InChI=1S/C11H18N2O/c1-13(14-2)8-4-6-10-5-3-7-11(12)9-10/h3,5,7,9H,4,6,8,12H2,1-2H3. The third-order valence-corrected chi connectivity index (χ3v) is 2.20. The van der Waals surface area contributed by atoms with Crippen molar-refractivity contribution in [3.8, 4) is 0 Å². The number of hydrogen-bond acceptors (Lipinski definition) is 3. The summed E-state index contributed by atoms with van der Waals surface area (Å²) < 4.78 is 0. The van der Waals surface area contributed by atoms with Gasteiger partial charge in [-0.15, -0.1) is 0 Å². The lowest BCUT2D eigenvalue weighted by molar-refractivity contribution is -0.109. The fourth-order valence-electron chi connectivity index (χ4n) is 1.35. The largest absolute Gasteiger partial charge is 0.399 e. The van der Waals surface area contributed by atoms with Gasteiger partial charge in [0.25, 0.3) is 0 Å². The molecule has 0 aliphatic rings. The number of hydrogen-bond donors (Lipinski definition) is 1. The molecule has 0 fully saturated rings. The average molecular weight is 194 g/mol. The van der Waals surface area contributed by atoms with Crippen LogP contribution in [0.4, 0.5) is 5.69 Å². The highest BCUT2D eigenvalue weighted by Crippen LogP contribution is 2.08. The quantitative estimate of drug-likeness (QED) is 0.572. The van der Waals surface area contributed by atoms with Crippen LogP contribution >= 0.6 is 0 Å². The molecule has 0 spiro atoms. The molecular formula is C11H18N2O. The van der Waals surface area contributed by atoms with E-state index in [2.05, 4.69) is 6.07 Å². The topological polar surface area (TPSA) is 38.5 Å². The maximum Gasteiger partial charge on any atom is 0.0575 e. The second-order valence-electron chi connectivity index (χ2n) is 3.38. The van der Waals surface area contributed by atoms with Crippen molar-refractivity contribution in [1.82, 2.24) is 5.06 Å². The smallest absolute Gasteiger partial charge is 0.0575 e. The van der Waals surface area contributed by atoms with Crippen molar-refractivity contribution in [2.24, 2.45) is 0 Å². The highest BCUT2D eigenvalue weighted by atomic mass is 16.7. The third kappa shape index (κ3) is 3.77. The predicted molar refractivity (Wildman–Crippen MR) is 58.8 cm³/mol. The zero-order valence-electron chi connectivity index (χ0n) is 8.86. The van der Waals surface area contributed by atoms with E-state index in [9.17, 15) is 0 Å². The summed E-state index contributed by atoms with van der Waals surface area (Å²) in [5, 5.41) is 1.83. The molecule has 1 aromatic carbocycles. The molecule has 0 saturated carbocycles. The molecular weight excluding hydrogens is 176 g/mol. The van der Waals surface area contributed by atoms with Crippen molar-refractivity contribution in [2.75, 3.05) is 26.4 Å². The summed E-state index contributed by atoms with van der Waals surface area (Å²) in [4.78, 5) is 5.02. The maximum atomic E-state index is 5.68. The van der Waals surface area contributed by atoms with Crippen molar-refractivity contribution < 1.29 is 4.84 Å². The van der Waals surface area contributed by atoms with Crippen LogP contribution in [-0.4, -0.2) is 25.8 Å². The Morgan fingerprint density at radius 3 is 2.86 bits per heavy atom. The Hall–Kier alpha value is -1.06. The zero-order valence-corrected chi connectivity index (χ0v) is 8.86. The van der Waals surface area contributed by atoms with Gasteiger partial charge >= 0.3 is 0 Å². The molecule has 0 saturated heterocycles. The van der Waals surface area contributed by atoms with Crippen LogP contribution in [0.5, 0.6) is 0 Å². The van der Waals surface area contributed by atoms with Crippen LogP contribution in [-0.2, 0) is 11.3 Å². The lowest BCUT2D eigenvalue weighted by Crippen LogP contribution is -2.18. The molecule has 1 aromatic rings. The SMILES string of the molecule is CON(C)CCCc1cccc(N)c1. The van der Waals surface area contributed by atoms with E-state index in [4.69, 9.17) is 10.6 Å². The van der Waals surface area contributed by atoms with Crippen molar-refractivity contribution in [3.63, 3.8) is 0 Å². The van der Waals surface area contributed by atoms with E-state index in [0.717, 1.165) is 25.1 Å². The van der Waals surface area contributed by atoms with Crippen LogP contribution in [0.25, 0.3) is 0 Å².